The van der Waals surface area contributed by atoms with Gasteiger partial charge in [-0.2, -0.15) is 0 Å². The quantitative estimate of drug-likeness (QED) is 0.842. The average Bonchev–Trinajstić information content (AvgIpc) is 2.37. The van der Waals surface area contributed by atoms with Gasteiger partial charge in [0.2, 0.25) is 0 Å². The van der Waals surface area contributed by atoms with Gasteiger partial charge in [0.1, 0.15) is 5.75 Å². The Morgan fingerprint density at radius 3 is 2.60 bits per heavy atom. The third-order valence-corrected chi connectivity index (χ3v) is 3.03. The lowest BCUT2D eigenvalue weighted by Crippen LogP contribution is -2.20. The fourth-order valence-electron chi connectivity index (χ4n) is 1.72. The summed E-state index contributed by atoms with van der Waals surface area (Å²) in [6.45, 7) is 1.92. The summed E-state index contributed by atoms with van der Waals surface area (Å²) in [7, 11) is 0. The Hall–Kier alpha value is -2.01. The van der Waals surface area contributed by atoms with E-state index >= 15 is 0 Å². The standard InChI is InChI=1S/C15H15BrN2O2/c1-10-6-11(16)8-13(7-10)18-15(19)9-20-14-4-2-12(17)3-5-14/h2-8H,9,17H2,1H3,(H,18,19). The van der Waals surface area contributed by atoms with Crippen molar-refractivity contribution < 1.29 is 9.53 Å². The highest BCUT2D eigenvalue weighted by molar-refractivity contribution is 9.10. The molecule has 20 heavy (non-hydrogen) atoms. The molecule has 2 rings (SSSR count). The molecule has 3 N–H and O–H groups in total. The second kappa shape index (κ2) is 6.43. The molecule has 0 unspecified atom stereocenters. The second-order valence-corrected chi connectivity index (χ2v) is 5.34. The molecule has 0 spiro atoms. The molecule has 0 saturated carbocycles. The Bertz CT molecular complexity index is 592. The van der Waals surface area contributed by atoms with E-state index in [-0.39, 0.29) is 12.5 Å². The molecule has 0 aliphatic heterocycles. The van der Waals surface area contributed by atoms with E-state index in [0.29, 0.717) is 11.4 Å². The summed E-state index contributed by atoms with van der Waals surface area (Å²) in [5.41, 5.74) is 8.04. The summed E-state index contributed by atoms with van der Waals surface area (Å²) in [5.74, 6) is 0.402. The van der Waals surface area contributed by atoms with Crippen molar-refractivity contribution in [1.82, 2.24) is 0 Å². The second-order valence-electron chi connectivity index (χ2n) is 4.42. The third kappa shape index (κ3) is 4.28. The zero-order chi connectivity index (χ0) is 14.5. The summed E-state index contributed by atoms with van der Waals surface area (Å²) in [5, 5.41) is 2.79. The zero-order valence-electron chi connectivity index (χ0n) is 11.0. The molecule has 0 atom stereocenters. The molecule has 2 aromatic carbocycles. The van der Waals surface area contributed by atoms with E-state index in [2.05, 4.69) is 21.2 Å². The van der Waals surface area contributed by atoms with Crippen LogP contribution < -0.4 is 15.8 Å². The summed E-state index contributed by atoms with van der Waals surface area (Å²) in [6, 6.07) is 12.6. The van der Waals surface area contributed by atoms with Gasteiger partial charge in [-0.1, -0.05) is 15.9 Å². The minimum Gasteiger partial charge on any atom is -0.484 e. The van der Waals surface area contributed by atoms with Gasteiger partial charge in [-0.25, -0.2) is 0 Å². The Morgan fingerprint density at radius 1 is 1.25 bits per heavy atom. The van der Waals surface area contributed by atoms with Crippen molar-refractivity contribution in [2.45, 2.75) is 6.92 Å². The predicted octanol–water partition coefficient (Wildman–Crippen LogP) is 3.36. The normalized spacial score (nSPS) is 10.1. The first-order chi connectivity index (χ1) is 9.52. The molecular weight excluding hydrogens is 320 g/mol. The first-order valence-corrected chi connectivity index (χ1v) is 6.87. The Kier molecular flexibility index (Phi) is 4.63. The minimum atomic E-state index is -0.209. The number of hydrogen-bond donors (Lipinski definition) is 2. The first-order valence-electron chi connectivity index (χ1n) is 6.08. The lowest BCUT2D eigenvalue weighted by molar-refractivity contribution is -0.118. The molecule has 0 radical (unpaired) electrons. The van der Waals surface area contributed by atoms with Crippen molar-refractivity contribution in [1.29, 1.82) is 0 Å². The molecular formula is C15H15BrN2O2. The number of benzene rings is 2. The van der Waals surface area contributed by atoms with Crippen LogP contribution in [-0.4, -0.2) is 12.5 Å². The fraction of sp³-hybridized carbons (Fsp3) is 0.133. The molecule has 5 heteroatoms. The van der Waals surface area contributed by atoms with Gasteiger partial charge in [-0.05, 0) is 55.0 Å². The molecule has 0 aliphatic carbocycles. The van der Waals surface area contributed by atoms with Crippen molar-refractivity contribution in [3.8, 4) is 5.75 Å². The summed E-state index contributed by atoms with van der Waals surface area (Å²) in [6.07, 6.45) is 0. The lowest BCUT2D eigenvalue weighted by Gasteiger charge is -2.09. The van der Waals surface area contributed by atoms with Crippen LogP contribution in [0.1, 0.15) is 5.56 Å². The smallest absolute Gasteiger partial charge is 0.262 e. The van der Waals surface area contributed by atoms with Gasteiger partial charge in [0, 0.05) is 15.8 Å². The predicted molar refractivity (Wildman–Crippen MR) is 83.9 cm³/mol. The molecule has 4 nitrogen and oxygen atoms in total. The number of nitrogens with two attached hydrogens (primary N) is 1. The number of amides is 1. The number of hydrogen-bond acceptors (Lipinski definition) is 3. The molecule has 1 amide bonds. The summed E-state index contributed by atoms with van der Waals surface area (Å²) < 4.78 is 6.30. The zero-order valence-corrected chi connectivity index (χ0v) is 12.6. The molecule has 0 fully saturated rings. The molecule has 2 aromatic rings. The fourth-order valence-corrected chi connectivity index (χ4v) is 2.33. The first kappa shape index (κ1) is 14.4. The number of halogens is 1. The van der Waals surface area contributed by atoms with E-state index < -0.39 is 0 Å². The Balaban J connectivity index is 1.90. The van der Waals surface area contributed by atoms with Gasteiger partial charge in [0.25, 0.3) is 5.91 Å². The average molecular weight is 335 g/mol. The molecule has 104 valence electrons. The van der Waals surface area contributed by atoms with Crippen LogP contribution in [0.25, 0.3) is 0 Å². The summed E-state index contributed by atoms with van der Waals surface area (Å²) in [4.78, 5) is 11.8. The van der Waals surface area contributed by atoms with Crippen LogP contribution in [0.15, 0.2) is 46.9 Å². The van der Waals surface area contributed by atoms with Crippen LogP contribution in [-0.2, 0) is 4.79 Å². The highest BCUT2D eigenvalue weighted by Crippen LogP contribution is 2.19. The molecule has 0 aliphatic rings. The summed E-state index contributed by atoms with van der Waals surface area (Å²) >= 11 is 3.39. The highest BCUT2D eigenvalue weighted by Gasteiger charge is 2.05. The topological polar surface area (TPSA) is 64.3 Å². The third-order valence-electron chi connectivity index (χ3n) is 2.58. The molecule has 0 saturated heterocycles. The van der Waals surface area contributed by atoms with Crippen molar-refractivity contribution in [2.24, 2.45) is 0 Å². The van der Waals surface area contributed by atoms with Gasteiger partial charge in [0.05, 0.1) is 0 Å². The van der Waals surface area contributed by atoms with E-state index in [1.54, 1.807) is 24.3 Å². The Morgan fingerprint density at radius 2 is 1.95 bits per heavy atom. The molecule has 0 heterocycles. The maximum Gasteiger partial charge on any atom is 0.262 e. The van der Waals surface area contributed by atoms with Gasteiger partial charge in [0.15, 0.2) is 6.61 Å². The van der Waals surface area contributed by atoms with Crippen molar-refractivity contribution >= 4 is 33.2 Å². The maximum atomic E-state index is 11.8. The van der Waals surface area contributed by atoms with Crippen LogP contribution in [0.3, 0.4) is 0 Å². The van der Waals surface area contributed by atoms with E-state index in [4.69, 9.17) is 10.5 Å². The van der Waals surface area contributed by atoms with Crippen molar-refractivity contribution in [3.05, 3.63) is 52.5 Å². The Labute approximate surface area is 126 Å². The number of carbonyl (C=O) groups excluding carboxylic acids is 1. The van der Waals surface area contributed by atoms with Crippen LogP contribution in [0, 0.1) is 6.92 Å². The number of nitrogens with one attached hydrogen (secondary N) is 1. The molecule has 0 aromatic heterocycles. The number of rotatable bonds is 4. The van der Waals surface area contributed by atoms with Crippen LogP contribution in [0.5, 0.6) is 5.75 Å². The number of nitrogen functional groups attached to an aromatic ring is 1. The SMILES string of the molecule is Cc1cc(Br)cc(NC(=O)COc2ccc(N)cc2)c1. The minimum absolute atomic E-state index is 0.0462. The van der Waals surface area contributed by atoms with Crippen molar-refractivity contribution in [2.75, 3.05) is 17.7 Å². The molecule has 0 bridgehead atoms. The van der Waals surface area contributed by atoms with Gasteiger partial charge in [-0.3, -0.25) is 4.79 Å². The monoisotopic (exact) mass is 334 g/mol. The number of ether oxygens (including phenoxy) is 1. The largest absolute Gasteiger partial charge is 0.484 e. The van der Waals surface area contributed by atoms with Crippen LogP contribution in [0.2, 0.25) is 0 Å². The van der Waals surface area contributed by atoms with E-state index in [9.17, 15) is 4.79 Å². The highest BCUT2D eigenvalue weighted by atomic mass is 79.9. The van der Waals surface area contributed by atoms with Crippen LogP contribution in [0.4, 0.5) is 11.4 Å². The maximum absolute atomic E-state index is 11.8. The number of carbonyl (C=O) groups is 1. The van der Waals surface area contributed by atoms with E-state index in [1.165, 1.54) is 0 Å². The number of aryl methyl sites for hydroxylation is 1. The van der Waals surface area contributed by atoms with Gasteiger partial charge >= 0.3 is 0 Å². The van der Waals surface area contributed by atoms with Gasteiger partial charge < -0.3 is 15.8 Å². The number of anilines is 2. The van der Waals surface area contributed by atoms with Crippen molar-refractivity contribution in [3.63, 3.8) is 0 Å². The van der Waals surface area contributed by atoms with Crippen LogP contribution >= 0.6 is 15.9 Å². The lowest BCUT2D eigenvalue weighted by atomic mass is 10.2. The van der Waals surface area contributed by atoms with E-state index in [1.807, 2.05) is 25.1 Å². The van der Waals surface area contributed by atoms with Gasteiger partial charge in [-0.15, -0.1) is 0 Å². The van der Waals surface area contributed by atoms with E-state index in [0.717, 1.165) is 15.7 Å².